The second kappa shape index (κ2) is 8.01. The fraction of sp³-hybridized carbons (Fsp3) is 0.167. The number of aromatic nitrogens is 2. The van der Waals surface area contributed by atoms with Gasteiger partial charge >= 0.3 is 0 Å². The van der Waals surface area contributed by atoms with Crippen molar-refractivity contribution in [2.45, 2.75) is 11.3 Å². The predicted molar refractivity (Wildman–Crippen MR) is 103 cm³/mol. The number of nitrogens with one attached hydrogen (secondary N) is 1. The number of nitrogens with zero attached hydrogens (tertiary/aromatic N) is 2. The Kier molecular flexibility index (Phi) is 5.30. The first-order valence-electron chi connectivity index (χ1n) is 8.07. The van der Waals surface area contributed by atoms with Gasteiger partial charge in [-0.2, -0.15) is 0 Å². The van der Waals surface area contributed by atoms with E-state index in [0.717, 1.165) is 21.9 Å². The van der Waals surface area contributed by atoms with Gasteiger partial charge in [0.25, 0.3) is 11.1 Å². The number of hydrogen-bond donors (Lipinski definition) is 1. The Bertz CT molecular complexity index is 948. The molecular weight excluding hydrogens is 434 g/mol. The minimum atomic E-state index is -0.474. The van der Waals surface area contributed by atoms with E-state index in [-0.39, 0.29) is 18.3 Å². The minimum Gasteiger partial charge on any atom is -0.485 e. The average Bonchev–Trinajstić information content (AvgIpc) is 3.17. The lowest BCUT2D eigenvalue weighted by Gasteiger charge is -2.23. The number of carbonyl (C=O) groups is 1. The number of halogens is 1. The Morgan fingerprint density at radius 2 is 1.93 bits per heavy atom. The lowest BCUT2D eigenvalue weighted by atomic mass is 10.2. The number of rotatable bonds is 5. The van der Waals surface area contributed by atoms with E-state index in [1.165, 1.54) is 0 Å². The number of carbonyl (C=O) groups excluding carboxylic acids is 1. The summed E-state index contributed by atoms with van der Waals surface area (Å²) in [4.78, 5) is 12.0. The molecule has 27 heavy (non-hydrogen) atoms. The molecule has 1 aromatic heterocycles. The monoisotopic (exact) mass is 447 g/mol. The molecule has 7 nitrogen and oxygen atoms in total. The van der Waals surface area contributed by atoms with Crippen LogP contribution in [-0.2, 0) is 4.79 Å². The second-order valence-corrected chi connectivity index (χ2v) is 7.46. The topological polar surface area (TPSA) is 86.5 Å². The molecule has 0 bridgehead atoms. The van der Waals surface area contributed by atoms with Gasteiger partial charge < -0.3 is 19.2 Å². The molecule has 0 saturated heterocycles. The summed E-state index contributed by atoms with van der Waals surface area (Å²) in [7, 11) is 0. The largest absolute Gasteiger partial charge is 0.485 e. The molecule has 0 aliphatic carbocycles. The Balaban J connectivity index is 1.32. The van der Waals surface area contributed by atoms with Crippen molar-refractivity contribution in [1.29, 1.82) is 0 Å². The quantitative estimate of drug-likeness (QED) is 0.589. The Morgan fingerprint density at radius 1 is 1.15 bits per heavy atom. The van der Waals surface area contributed by atoms with E-state index < -0.39 is 6.10 Å². The smallest absolute Gasteiger partial charge is 0.277 e. The highest BCUT2D eigenvalue weighted by molar-refractivity contribution is 9.10. The summed E-state index contributed by atoms with van der Waals surface area (Å²) in [6, 6.07) is 14.7. The van der Waals surface area contributed by atoms with Crippen molar-refractivity contribution in [1.82, 2.24) is 10.2 Å². The number of benzene rings is 2. The van der Waals surface area contributed by atoms with E-state index in [4.69, 9.17) is 13.9 Å². The van der Waals surface area contributed by atoms with Crippen LogP contribution in [0, 0.1) is 0 Å². The van der Waals surface area contributed by atoms with E-state index in [1.54, 1.807) is 0 Å². The SMILES string of the molecule is O=C(CSc1nnc(C2COc3ccccc3O2)o1)Nc1ccc(Br)cc1. The highest BCUT2D eigenvalue weighted by Gasteiger charge is 2.27. The molecule has 2 heterocycles. The van der Waals surface area contributed by atoms with Crippen LogP contribution in [0.1, 0.15) is 12.0 Å². The molecule has 0 spiro atoms. The van der Waals surface area contributed by atoms with Crippen LogP contribution in [0.2, 0.25) is 0 Å². The van der Waals surface area contributed by atoms with Crippen LogP contribution in [0.4, 0.5) is 5.69 Å². The van der Waals surface area contributed by atoms with Crippen LogP contribution in [0.5, 0.6) is 11.5 Å². The third-order valence-electron chi connectivity index (χ3n) is 3.66. The van der Waals surface area contributed by atoms with E-state index >= 15 is 0 Å². The van der Waals surface area contributed by atoms with E-state index in [2.05, 4.69) is 31.4 Å². The van der Waals surface area contributed by atoms with E-state index in [9.17, 15) is 4.79 Å². The molecule has 1 N–H and O–H groups in total. The molecule has 3 aromatic rings. The second-order valence-electron chi connectivity index (χ2n) is 5.61. The molecule has 1 aliphatic rings. The summed E-state index contributed by atoms with van der Waals surface area (Å²) in [5.41, 5.74) is 0.724. The van der Waals surface area contributed by atoms with Crippen LogP contribution in [-0.4, -0.2) is 28.5 Å². The van der Waals surface area contributed by atoms with Gasteiger partial charge in [-0.05, 0) is 36.4 Å². The Hall–Kier alpha value is -2.52. The molecule has 2 aromatic carbocycles. The van der Waals surface area contributed by atoms with Crippen LogP contribution in [0.25, 0.3) is 0 Å². The van der Waals surface area contributed by atoms with Crippen LogP contribution in [0.15, 0.2) is 62.6 Å². The zero-order valence-electron chi connectivity index (χ0n) is 13.9. The van der Waals surface area contributed by atoms with Crippen LogP contribution in [0.3, 0.4) is 0 Å². The van der Waals surface area contributed by atoms with E-state index in [0.29, 0.717) is 22.6 Å². The molecular formula is C18H14BrN3O4S. The normalized spacial score (nSPS) is 15.4. The molecule has 138 valence electrons. The van der Waals surface area contributed by atoms with Crippen molar-refractivity contribution < 1.29 is 18.7 Å². The zero-order chi connectivity index (χ0) is 18.6. The molecule has 4 rings (SSSR count). The predicted octanol–water partition coefficient (Wildman–Crippen LogP) is 4.08. The number of para-hydroxylation sites is 2. The molecule has 0 radical (unpaired) electrons. The number of ether oxygens (including phenoxy) is 2. The molecule has 1 unspecified atom stereocenters. The molecule has 9 heteroatoms. The maximum Gasteiger partial charge on any atom is 0.277 e. The number of thioether (sulfide) groups is 1. The first-order chi connectivity index (χ1) is 13.2. The van der Waals surface area contributed by atoms with Crippen LogP contribution >= 0.6 is 27.7 Å². The maximum absolute atomic E-state index is 12.0. The molecule has 1 aliphatic heterocycles. The summed E-state index contributed by atoms with van der Waals surface area (Å²) < 4.78 is 18.0. The summed E-state index contributed by atoms with van der Waals surface area (Å²) in [6.45, 7) is 0.285. The van der Waals surface area contributed by atoms with Gasteiger partial charge in [0.05, 0.1) is 5.75 Å². The van der Waals surface area contributed by atoms with Crippen molar-refractivity contribution >= 4 is 39.3 Å². The van der Waals surface area contributed by atoms with Gasteiger partial charge in [-0.3, -0.25) is 4.79 Å². The number of anilines is 1. The van der Waals surface area contributed by atoms with Crippen molar-refractivity contribution in [3.05, 3.63) is 58.9 Å². The molecule has 1 atom stereocenters. The number of hydrogen-bond acceptors (Lipinski definition) is 7. The molecule has 1 amide bonds. The van der Waals surface area contributed by atoms with Gasteiger partial charge in [0.15, 0.2) is 11.5 Å². The fourth-order valence-electron chi connectivity index (χ4n) is 2.41. The Morgan fingerprint density at radius 3 is 2.74 bits per heavy atom. The van der Waals surface area contributed by atoms with Gasteiger partial charge in [0, 0.05) is 10.2 Å². The first-order valence-corrected chi connectivity index (χ1v) is 9.85. The lowest BCUT2D eigenvalue weighted by molar-refractivity contribution is -0.113. The third-order valence-corrected chi connectivity index (χ3v) is 5.01. The van der Waals surface area contributed by atoms with Crippen molar-refractivity contribution in [3.63, 3.8) is 0 Å². The van der Waals surface area contributed by atoms with Gasteiger partial charge in [0.2, 0.25) is 12.0 Å². The van der Waals surface area contributed by atoms with Crippen molar-refractivity contribution in [2.24, 2.45) is 0 Å². The third kappa shape index (κ3) is 4.42. The number of amides is 1. The van der Waals surface area contributed by atoms with Crippen LogP contribution < -0.4 is 14.8 Å². The summed E-state index contributed by atoms with van der Waals surface area (Å²) in [5.74, 6) is 1.64. The van der Waals surface area contributed by atoms with Gasteiger partial charge in [0.1, 0.15) is 6.61 Å². The Labute approximate surface area is 167 Å². The van der Waals surface area contributed by atoms with Crippen molar-refractivity contribution in [2.75, 3.05) is 17.7 Å². The fourth-order valence-corrected chi connectivity index (χ4v) is 3.24. The summed E-state index contributed by atoms with van der Waals surface area (Å²) in [6.07, 6.45) is -0.474. The van der Waals surface area contributed by atoms with Crippen molar-refractivity contribution in [3.8, 4) is 11.5 Å². The zero-order valence-corrected chi connectivity index (χ0v) is 16.3. The van der Waals surface area contributed by atoms with E-state index in [1.807, 2.05) is 48.5 Å². The molecule has 0 saturated carbocycles. The summed E-state index contributed by atoms with van der Waals surface area (Å²) >= 11 is 4.52. The number of fused-ring (bicyclic) bond motifs is 1. The highest BCUT2D eigenvalue weighted by Crippen LogP contribution is 2.35. The summed E-state index contributed by atoms with van der Waals surface area (Å²) in [5, 5.41) is 11.1. The lowest BCUT2D eigenvalue weighted by Crippen LogP contribution is -2.21. The highest BCUT2D eigenvalue weighted by atomic mass is 79.9. The molecule has 0 fully saturated rings. The standard InChI is InChI=1S/C18H14BrN3O4S/c19-11-5-7-12(8-6-11)20-16(23)10-27-18-22-21-17(26-18)15-9-24-13-3-1-2-4-14(13)25-15/h1-8,15H,9-10H2,(H,20,23). The maximum atomic E-state index is 12.0. The van der Waals surface area contributed by atoms with Gasteiger partial charge in [-0.15, -0.1) is 10.2 Å². The minimum absolute atomic E-state index is 0.155. The van der Waals surface area contributed by atoms with Gasteiger partial charge in [-0.1, -0.05) is 39.8 Å². The first kappa shape index (κ1) is 17.9. The average molecular weight is 448 g/mol. The van der Waals surface area contributed by atoms with Gasteiger partial charge in [-0.25, -0.2) is 0 Å².